The molecule has 0 aromatic heterocycles. The molecular weight excluding hydrogens is 997 g/mol. The fourth-order valence-electron chi connectivity index (χ4n) is 8.67. The molecule has 0 radical (unpaired) electrons. The largest absolute Gasteiger partial charge is 0.462 e. The lowest BCUT2D eigenvalue weighted by molar-refractivity contribution is -0.332. The van der Waals surface area contributed by atoms with Crippen molar-refractivity contribution in [2.24, 2.45) is 0 Å². The van der Waals surface area contributed by atoms with Crippen LogP contribution in [0.3, 0.4) is 0 Å². The highest BCUT2D eigenvalue weighted by Crippen LogP contribution is 2.26. The predicted octanol–water partition coefficient (Wildman–Crippen LogP) is 10.5. The Bertz CT molecular complexity index is 1720. The van der Waals surface area contributed by atoms with Gasteiger partial charge in [0.1, 0.15) is 55.4 Å². The van der Waals surface area contributed by atoms with Gasteiger partial charge < -0.3 is 64.2 Å². The summed E-state index contributed by atoms with van der Waals surface area (Å²) in [5.74, 6) is -1.06. The molecule has 0 aromatic carbocycles. The van der Waals surface area contributed by atoms with E-state index in [1.807, 2.05) is 18.2 Å². The highest BCUT2D eigenvalue weighted by atomic mass is 16.7. The number of esters is 2. The van der Waals surface area contributed by atoms with Crippen molar-refractivity contribution in [2.75, 3.05) is 26.4 Å². The first kappa shape index (κ1) is 70.5. The number of carbonyl (C=O) groups is 2. The van der Waals surface area contributed by atoms with Gasteiger partial charge in [0.15, 0.2) is 18.7 Å². The van der Waals surface area contributed by atoms with Crippen molar-refractivity contribution < 1.29 is 73.8 Å². The van der Waals surface area contributed by atoms with E-state index in [0.717, 1.165) is 51.4 Å². The number of hydrogen-bond acceptors (Lipinski definition) is 15. The molecule has 2 aliphatic rings. The fourth-order valence-corrected chi connectivity index (χ4v) is 8.67. The SMILES string of the molecule is CCCCCCCCC/C=C/C/C=C/C/C=C/C/C=C/CCCC(=O)OC[C@@H](CO[C@@H]1O[C@H](CO[C@@H]2O[C@H](CO)[C@H](O)C(O)C2O)[C@H](O)C(O)C1O)OC(=O)CCC/C=C/C/C=C/C/C=C/C/C=C/CCCCCCCCC. The summed E-state index contributed by atoms with van der Waals surface area (Å²) >= 11 is 0. The average molecular weight is 1100 g/mol. The summed E-state index contributed by atoms with van der Waals surface area (Å²) in [4.78, 5) is 25.9. The molecule has 15 nitrogen and oxygen atoms in total. The molecule has 2 heterocycles. The average Bonchev–Trinajstić information content (AvgIpc) is 3.44. The van der Waals surface area contributed by atoms with Crippen LogP contribution in [-0.4, -0.2) is 142 Å². The van der Waals surface area contributed by atoms with Gasteiger partial charge in [-0.1, -0.05) is 188 Å². The Kier molecular flexibility index (Phi) is 43.5. The fraction of sp³-hybridized carbons (Fsp3) is 0.714. The summed E-state index contributed by atoms with van der Waals surface area (Å²) in [6, 6.07) is 0. The van der Waals surface area contributed by atoms with Crippen LogP contribution < -0.4 is 0 Å². The number of unbranched alkanes of at least 4 members (excludes halogenated alkanes) is 16. The van der Waals surface area contributed by atoms with Crippen molar-refractivity contribution in [3.8, 4) is 0 Å². The molecule has 2 aliphatic heterocycles. The molecule has 0 aliphatic carbocycles. The van der Waals surface area contributed by atoms with Gasteiger partial charge in [-0.2, -0.15) is 0 Å². The molecule has 15 heteroatoms. The predicted molar refractivity (Wildman–Crippen MR) is 307 cm³/mol. The first-order chi connectivity index (χ1) is 38.0. The van der Waals surface area contributed by atoms with Gasteiger partial charge in [-0.3, -0.25) is 9.59 Å². The second kappa shape index (κ2) is 48.2. The summed E-state index contributed by atoms with van der Waals surface area (Å²) in [7, 11) is 0. The third kappa shape index (κ3) is 34.5. The zero-order valence-electron chi connectivity index (χ0n) is 47.6. The van der Waals surface area contributed by atoms with Gasteiger partial charge in [0.25, 0.3) is 0 Å². The van der Waals surface area contributed by atoms with Gasteiger partial charge in [-0.15, -0.1) is 0 Å². The minimum absolute atomic E-state index is 0.0724. The van der Waals surface area contributed by atoms with Crippen LogP contribution in [0.15, 0.2) is 97.2 Å². The zero-order valence-corrected chi connectivity index (χ0v) is 47.6. The maximum atomic E-state index is 13.1. The first-order valence-electron chi connectivity index (χ1n) is 29.8. The number of rotatable bonds is 46. The molecule has 2 fully saturated rings. The van der Waals surface area contributed by atoms with E-state index in [1.165, 1.54) is 89.9 Å². The molecule has 4 unspecified atom stereocenters. The van der Waals surface area contributed by atoms with E-state index < -0.39 is 99.3 Å². The molecule has 0 amide bonds. The van der Waals surface area contributed by atoms with Gasteiger partial charge in [0.2, 0.25) is 0 Å². The van der Waals surface area contributed by atoms with E-state index in [0.29, 0.717) is 25.7 Å². The number of ether oxygens (including phenoxy) is 6. The summed E-state index contributed by atoms with van der Waals surface area (Å²) < 4.78 is 33.6. The van der Waals surface area contributed by atoms with Crippen molar-refractivity contribution in [3.05, 3.63) is 97.2 Å². The van der Waals surface area contributed by atoms with Crippen molar-refractivity contribution in [3.63, 3.8) is 0 Å². The Morgan fingerprint density at radius 2 is 0.769 bits per heavy atom. The molecule has 0 spiro atoms. The van der Waals surface area contributed by atoms with Crippen molar-refractivity contribution >= 4 is 11.9 Å². The van der Waals surface area contributed by atoms with Crippen LogP contribution in [0.2, 0.25) is 0 Å². The summed E-state index contributed by atoms with van der Waals surface area (Å²) in [5.41, 5.74) is 0. The van der Waals surface area contributed by atoms with Gasteiger partial charge in [0, 0.05) is 12.8 Å². The van der Waals surface area contributed by atoms with Gasteiger partial charge in [0.05, 0.1) is 19.8 Å². The maximum absolute atomic E-state index is 13.1. The van der Waals surface area contributed by atoms with E-state index in [2.05, 4.69) is 92.8 Å². The molecule has 11 atom stereocenters. The number of hydrogen-bond donors (Lipinski definition) is 7. The van der Waals surface area contributed by atoms with Gasteiger partial charge in [-0.25, -0.2) is 0 Å². The van der Waals surface area contributed by atoms with E-state index in [4.69, 9.17) is 28.4 Å². The van der Waals surface area contributed by atoms with Gasteiger partial charge >= 0.3 is 11.9 Å². The smallest absolute Gasteiger partial charge is 0.306 e. The van der Waals surface area contributed by atoms with Gasteiger partial charge in [-0.05, 0) is 89.9 Å². The van der Waals surface area contributed by atoms with Crippen molar-refractivity contribution in [1.29, 1.82) is 0 Å². The van der Waals surface area contributed by atoms with Crippen LogP contribution in [0.5, 0.6) is 0 Å². The highest BCUT2D eigenvalue weighted by molar-refractivity contribution is 5.70. The topological polar surface area (TPSA) is 231 Å². The second-order valence-corrected chi connectivity index (χ2v) is 20.5. The minimum Gasteiger partial charge on any atom is -0.462 e. The van der Waals surface area contributed by atoms with Crippen molar-refractivity contribution in [2.45, 2.75) is 261 Å². The Balaban J connectivity index is 1.81. The molecule has 0 aromatic rings. The summed E-state index contributed by atoms with van der Waals surface area (Å²) in [5, 5.41) is 72.3. The van der Waals surface area contributed by atoms with E-state index in [-0.39, 0.29) is 19.4 Å². The molecule has 446 valence electrons. The molecule has 78 heavy (non-hydrogen) atoms. The zero-order chi connectivity index (χ0) is 56.7. The lowest BCUT2D eigenvalue weighted by Gasteiger charge is -2.42. The lowest BCUT2D eigenvalue weighted by Crippen LogP contribution is -2.61. The number of aliphatic hydroxyl groups is 7. The van der Waals surface area contributed by atoms with E-state index >= 15 is 0 Å². The Morgan fingerprint density at radius 1 is 0.410 bits per heavy atom. The molecular formula is C63H104O15. The standard InChI is InChI=1S/C63H104O15/c1-3-5-7-9-11-13-15-17-19-21-23-25-27-29-31-33-35-37-39-41-43-45-54(65)73-48-51(49-74-62-61(72)59(70)57(68)53(78-62)50-75-63-60(71)58(69)56(67)52(47-64)77-63)76-55(66)46-44-42-40-38-36-34-32-30-28-26-24-22-20-18-16-14-12-10-8-6-4-2/h19-22,25-28,31-34,37-40,51-53,56-64,67-72H,3-18,23-24,29-30,35-36,41-50H2,1-2H3/b21-19+,22-20+,27-25+,28-26+,33-31+,34-32+,39-37+,40-38+/t51-,52+,53+,56-,57-,58?,59?,60?,61?,62+,63+/m0/s1. The summed E-state index contributed by atoms with van der Waals surface area (Å²) in [6.07, 6.45) is 45.9. The van der Waals surface area contributed by atoms with Crippen LogP contribution in [-0.2, 0) is 38.0 Å². The minimum atomic E-state index is -1.79. The Labute approximate surface area is 468 Å². The number of allylic oxidation sites excluding steroid dienone is 16. The molecule has 0 bridgehead atoms. The maximum Gasteiger partial charge on any atom is 0.306 e. The second-order valence-electron chi connectivity index (χ2n) is 20.5. The van der Waals surface area contributed by atoms with Crippen LogP contribution in [0.1, 0.15) is 194 Å². The van der Waals surface area contributed by atoms with E-state index in [9.17, 15) is 45.3 Å². The van der Waals surface area contributed by atoms with Crippen LogP contribution in [0.25, 0.3) is 0 Å². The third-order valence-electron chi connectivity index (χ3n) is 13.5. The Morgan fingerprint density at radius 3 is 1.21 bits per heavy atom. The van der Waals surface area contributed by atoms with Crippen molar-refractivity contribution in [1.82, 2.24) is 0 Å². The molecule has 2 saturated heterocycles. The molecule has 2 rings (SSSR count). The van der Waals surface area contributed by atoms with Crippen LogP contribution >= 0.6 is 0 Å². The number of aliphatic hydroxyl groups excluding tert-OH is 7. The van der Waals surface area contributed by atoms with Crippen LogP contribution in [0, 0.1) is 0 Å². The molecule has 0 saturated carbocycles. The number of carbonyl (C=O) groups excluding carboxylic acids is 2. The van der Waals surface area contributed by atoms with Crippen LogP contribution in [0.4, 0.5) is 0 Å². The quantitative estimate of drug-likeness (QED) is 0.0171. The van der Waals surface area contributed by atoms with E-state index in [1.54, 1.807) is 0 Å². The highest BCUT2D eigenvalue weighted by Gasteiger charge is 2.47. The first-order valence-corrected chi connectivity index (χ1v) is 29.8. The monoisotopic (exact) mass is 1100 g/mol. The third-order valence-corrected chi connectivity index (χ3v) is 13.5. The summed E-state index contributed by atoms with van der Waals surface area (Å²) in [6.45, 7) is 2.47. The Hall–Kier alpha value is -3.58. The normalized spacial score (nSPS) is 24.7. The molecule has 7 N–H and O–H groups in total. The lowest BCUT2D eigenvalue weighted by atomic mass is 9.98.